The van der Waals surface area contributed by atoms with Crippen LogP contribution >= 0.6 is 11.3 Å². The van der Waals surface area contributed by atoms with Gasteiger partial charge in [0.25, 0.3) is 0 Å². The molecule has 0 fully saturated rings. The molecule has 0 N–H and O–H groups in total. The molecule has 2 heterocycles. The molecule has 0 radical (unpaired) electrons. The Kier molecular flexibility index (Phi) is 8.04. The molecule has 3 heteroatoms. The van der Waals surface area contributed by atoms with Gasteiger partial charge in [0.05, 0.1) is 16.7 Å². The number of hydrogen-bond donors (Lipinski definition) is 0. The van der Waals surface area contributed by atoms with Gasteiger partial charge in [0, 0.05) is 53.6 Å². The van der Waals surface area contributed by atoms with E-state index in [1.807, 2.05) is 11.3 Å². The highest BCUT2D eigenvalue weighted by atomic mass is 32.1. The average Bonchev–Trinajstić information content (AvgIpc) is 3.83. The van der Waals surface area contributed by atoms with E-state index in [-0.39, 0.29) is 0 Å². The summed E-state index contributed by atoms with van der Waals surface area (Å²) in [6.07, 6.45) is 0. The summed E-state index contributed by atoms with van der Waals surface area (Å²) in [4.78, 5) is 2.44. The van der Waals surface area contributed by atoms with Crippen LogP contribution in [0.3, 0.4) is 0 Å². The van der Waals surface area contributed by atoms with Crippen molar-refractivity contribution in [3.63, 3.8) is 0 Å². The fraction of sp³-hybridized carbons (Fsp3) is 0. The van der Waals surface area contributed by atoms with Gasteiger partial charge in [-0.2, -0.15) is 0 Å². The molecule has 0 aliphatic rings. The number of thiophene rings is 1. The lowest BCUT2D eigenvalue weighted by Crippen LogP contribution is -2.11. The molecule has 0 aliphatic heterocycles. The second-order valence-electron chi connectivity index (χ2n) is 14.5. The van der Waals surface area contributed by atoms with Gasteiger partial charge in [-0.3, -0.25) is 0 Å². The smallest absolute Gasteiger partial charge is 0.0547 e. The zero-order valence-electron chi connectivity index (χ0n) is 31.1. The van der Waals surface area contributed by atoms with Crippen LogP contribution in [0.15, 0.2) is 218 Å². The summed E-state index contributed by atoms with van der Waals surface area (Å²) in [5.41, 5.74) is 14.1. The maximum atomic E-state index is 2.44. The van der Waals surface area contributed by atoms with Crippen molar-refractivity contribution in [2.75, 3.05) is 4.90 Å². The van der Waals surface area contributed by atoms with Crippen LogP contribution < -0.4 is 4.90 Å². The number of hydrogen-bond acceptors (Lipinski definition) is 2. The third-order valence-corrected chi connectivity index (χ3v) is 12.3. The van der Waals surface area contributed by atoms with Crippen molar-refractivity contribution >= 4 is 70.4 Å². The molecule has 0 unspecified atom stereocenters. The lowest BCUT2D eigenvalue weighted by Gasteiger charge is -2.29. The minimum Gasteiger partial charge on any atom is -0.310 e. The molecule has 0 amide bonds. The predicted octanol–water partition coefficient (Wildman–Crippen LogP) is 15.6. The molecule has 0 saturated heterocycles. The van der Waals surface area contributed by atoms with Crippen LogP contribution in [0.4, 0.5) is 17.1 Å². The minimum absolute atomic E-state index is 1.10. The van der Waals surface area contributed by atoms with Crippen molar-refractivity contribution in [1.82, 2.24) is 4.57 Å². The van der Waals surface area contributed by atoms with E-state index >= 15 is 0 Å². The Bertz CT molecular complexity index is 3220. The van der Waals surface area contributed by atoms with Crippen molar-refractivity contribution in [2.45, 2.75) is 0 Å². The standard InChI is InChI=1S/C54H36N2S/c1-4-15-37(16-5-1)40-29-33-50(47(35-40)38-17-6-2-7-18-38)55(43-32-34-53-48(36-43)45-21-11-13-26-52(45)57-53)42-30-27-39(28-31-42)44-23-14-25-51-54(44)46-22-10-12-24-49(46)56(51)41-19-8-3-9-20-41/h1-36H. The summed E-state index contributed by atoms with van der Waals surface area (Å²) >= 11 is 1.85. The van der Waals surface area contributed by atoms with Gasteiger partial charge in [0.2, 0.25) is 0 Å². The Morgan fingerprint density at radius 3 is 1.74 bits per heavy atom. The summed E-state index contributed by atoms with van der Waals surface area (Å²) in [7, 11) is 0. The molecule has 11 aromatic rings. The average molecular weight is 745 g/mol. The third kappa shape index (κ3) is 5.71. The van der Waals surface area contributed by atoms with Gasteiger partial charge in [-0.15, -0.1) is 11.3 Å². The first-order chi connectivity index (χ1) is 28.3. The largest absolute Gasteiger partial charge is 0.310 e. The zero-order valence-corrected chi connectivity index (χ0v) is 31.9. The summed E-state index contributed by atoms with van der Waals surface area (Å²) in [6, 6.07) is 79.4. The van der Waals surface area contributed by atoms with Gasteiger partial charge in [-0.05, 0) is 101 Å². The molecule has 9 aromatic carbocycles. The summed E-state index contributed by atoms with van der Waals surface area (Å²) in [5.74, 6) is 0. The highest BCUT2D eigenvalue weighted by Gasteiger charge is 2.21. The molecule has 2 aromatic heterocycles. The predicted molar refractivity (Wildman–Crippen MR) is 245 cm³/mol. The molecule has 0 bridgehead atoms. The third-order valence-electron chi connectivity index (χ3n) is 11.2. The fourth-order valence-electron chi connectivity index (χ4n) is 8.58. The fourth-order valence-corrected chi connectivity index (χ4v) is 9.66. The SMILES string of the molecule is c1ccc(-c2ccc(N(c3ccc(-c4cccc5c4c4ccccc4n5-c4ccccc4)cc3)c3ccc4sc5ccccc5c4c3)c(-c3ccccc3)c2)cc1. The van der Waals surface area contributed by atoms with E-state index in [1.165, 1.54) is 75.4 Å². The minimum atomic E-state index is 1.10. The summed E-state index contributed by atoms with van der Waals surface area (Å²) in [5, 5.41) is 5.08. The van der Waals surface area contributed by atoms with Gasteiger partial charge >= 0.3 is 0 Å². The van der Waals surface area contributed by atoms with Gasteiger partial charge in [0.15, 0.2) is 0 Å². The van der Waals surface area contributed by atoms with Crippen LogP contribution in [0.1, 0.15) is 0 Å². The second kappa shape index (κ2) is 13.8. The summed E-state index contributed by atoms with van der Waals surface area (Å²) in [6.45, 7) is 0. The van der Waals surface area contributed by atoms with Crippen molar-refractivity contribution in [3.05, 3.63) is 218 Å². The van der Waals surface area contributed by atoms with Crippen LogP contribution in [-0.2, 0) is 0 Å². The molecular weight excluding hydrogens is 709 g/mol. The van der Waals surface area contributed by atoms with Crippen molar-refractivity contribution in [3.8, 4) is 39.1 Å². The molecular formula is C54H36N2S. The molecule has 0 aliphatic carbocycles. The normalized spacial score (nSPS) is 11.5. The van der Waals surface area contributed by atoms with E-state index in [9.17, 15) is 0 Å². The maximum absolute atomic E-state index is 2.44. The first-order valence-corrected chi connectivity index (χ1v) is 20.2. The quantitative estimate of drug-likeness (QED) is 0.158. The van der Waals surface area contributed by atoms with Crippen LogP contribution in [0.5, 0.6) is 0 Å². The molecule has 0 spiro atoms. The van der Waals surface area contributed by atoms with E-state index in [4.69, 9.17) is 0 Å². The second-order valence-corrected chi connectivity index (χ2v) is 15.6. The Balaban J connectivity index is 1.11. The number of para-hydroxylation sites is 2. The molecule has 0 saturated carbocycles. The maximum Gasteiger partial charge on any atom is 0.0547 e. The van der Waals surface area contributed by atoms with Crippen LogP contribution in [0, 0.1) is 0 Å². The van der Waals surface area contributed by atoms with Crippen LogP contribution in [0.2, 0.25) is 0 Å². The number of aromatic nitrogens is 1. The Morgan fingerprint density at radius 1 is 0.351 bits per heavy atom. The Labute approximate surface area is 335 Å². The first kappa shape index (κ1) is 33.2. The van der Waals surface area contributed by atoms with Gasteiger partial charge in [-0.1, -0.05) is 146 Å². The highest BCUT2D eigenvalue weighted by molar-refractivity contribution is 7.25. The highest BCUT2D eigenvalue weighted by Crippen LogP contribution is 2.46. The van der Waals surface area contributed by atoms with Crippen LogP contribution in [-0.4, -0.2) is 4.57 Å². The molecule has 57 heavy (non-hydrogen) atoms. The number of rotatable bonds is 7. The number of fused-ring (bicyclic) bond motifs is 6. The number of anilines is 3. The van der Waals surface area contributed by atoms with Crippen molar-refractivity contribution < 1.29 is 0 Å². The van der Waals surface area contributed by atoms with E-state index in [2.05, 4.69) is 228 Å². The van der Waals surface area contributed by atoms with Crippen LogP contribution in [0.25, 0.3) is 81.0 Å². The number of benzene rings is 9. The monoisotopic (exact) mass is 744 g/mol. The number of nitrogens with zero attached hydrogens (tertiary/aromatic N) is 2. The van der Waals surface area contributed by atoms with Gasteiger partial charge in [0.1, 0.15) is 0 Å². The molecule has 11 rings (SSSR count). The lowest BCUT2D eigenvalue weighted by molar-refractivity contribution is 1.18. The zero-order chi connectivity index (χ0) is 37.7. The van der Waals surface area contributed by atoms with E-state index < -0.39 is 0 Å². The van der Waals surface area contributed by atoms with E-state index in [0.29, 0.717) is 0 Å². The first-order valence-electron chi connectivity index (χ1n) is 19.4. The molecule has 268 valence electrons. The van der Waals surface area contributed by atoms with Gasteiger partial charge in [-0.25, -0.2) is 0 Å². The van der Waals surface area contributed by atoms with Crippen molar-refractivity contribution in [2.24, 2.45) is 0 Å². The van der Waals surface area contributed by atoms with E-state index in [0.717, 1.165) is 22.7 Å². The lowest BCUT2D eigenvalue weighted by atomic mass is 9.95. The molecule has 0 atom stereocenters. The summed E-state index contributed by atoms with van der Waals surface area (Å²) < 4.78 is 4.99. The Morgan fingerprint density at radius 2 is 0.947 bits per heavy atom. The Hall–Kier alpha value is -7.20. The van der Waals surface area contributed by atoms with Gasteiger partial charge < -0.3 is 9.47 Å². The van der Waals surface area contributed by atoms with Crippen molar-refractivity contribution in [1.29, 1.82) is 0 Å². The molecule has 2 nitrogen and oxygen atoms in total. The topological polar surface area (TPSA) is 8.17 Å². The van der Waals surface area contributed by atoms with E-state index in [1.54, 1.807) is 0 Å².